The summed E-state index contributed by atoms with van der Waals surface area (Å²) in [6, 6.07) is 9.16. The third kappa shape index (κ3) is 2.84. The smallest absolute Gasteiger partial charge is 0.321 e. The largest absolute Gasteiger partial charge is 0.468 e. The number of oxazole rings is 1. The van der Waals surface area contributed by atoms with Gasteiger partial charge in [0.2, 0.25) is 11.8 Å². The van der Waals surface area contributed by atoms with Crippen LogP contribution in [0.4, 0.5) is 0 Å². The van der Waals surface area contributed by atoms with Crippen molar-refractivity contribution in [2.45, 2.75) is 25.8 Å². The summed E-state index contributed by atoms with van der Waals surface area (Å²) in [5, 5.41) is 2.78. The number of carbonyl (C=O) groups is 2. The quantitative estimate of drug-likeness (QED) is 0.677. The number of rotatable bonds is 5. The van der Waals surface area contributed by atoms with E-state index in [1.54, 1.807) is 13.1 Å². The highest BCUT2D eigenvalue weighted by molar-refractivity contribution is 6.05. The molecule has 6 heteroatoms. The van der Waals surface area contributed by atoms with Gasteiger partial charge in [0.15, 0.2) is 5.76 Å². The van der Waals surface area contributed by atoms with E-state index in [4.69, 9.17) is 9.15 Å². The molecule has 0 unspecified atom stereocenters. The van der Waals surface area contributed by atoms with Gasteiger partial charge in [0, 0.05) is 5.56 Å². The second-order valence-corrected chi connectivity index (χ2v) is 5.70. The van der Waals surface area contributed by atoms with Gasteiger partial charge in [-0.2, -0.15) is 0 Å². The molecular weight excluding hydrogens is 296 g/mol. The molecule has 1 fully saturated rings. The predicted octanol–water partition coefficient (Wildman–Crippen LogP) is 2.47. The minimum absolute atomic E-state index is 0.337. The number of amides is 1. The minimum Gasteiger partial charge on any atom is -0.468 e. The number of methoxy groups -OCH3 is 1. The summed E-state index contributed by atoms with van der Waals surface area (Å²) >= 11 is 0. The molecule has 1 aliphatic rings. The van der Waals surface area contributed by atoms with Gasteiger partial charge in [0.1, 0.15) is 11.5 Å². The van der Waals surface area contributed by atoms with Crippen molar-refractivity contribution >= 4 is 11.9 Å². The van der Waals surface area contributed by atoms with Crippen molar-refractivity contribution in [1.82, 2.24) is 10.3 Å². The van der Waals surface area contributed by atoms with Crippen molar-refractivity contribution in [2.75, 3.05) is 7.11 Å². The molecule has 1 aliphatic carbocycles. The van der Waals surface area contributed by atoms with Gasteiger partial charge in [-0.1, -0.05) is 30.3 Å². The number of benzene rings is 1. The molecule has 1 aromatic heterocycles. The van der Waals surface area contributed by atoms with Gasteiger partial charge in [-0.25, -0.2) is 4.98 Å². The number of nitrogens with one attached hydrogen (secondary N) is 1. The zero-order chi connectivity index (χ0) is 16.4. The summed E-state index contributed by atoms with van der Waals surface area (Å²) < 4.78 is 10.4. The first-order valence-corrected chi connectivity index (χ1v) is 7.47. The van der Waals surface area contributed by atoms with E-state index >= 15 is 0 Å². The van der Waals surface area contributed by atoms with Crippen LogP contribution in [0.5, 0.6) is 0 Å². The molecule has 1 aromatic carbocycles. The van der Waals surface area contributed by atoms with Crippen molar-refractivity contribution in [3.63, 3.8) is 0 Å². The molecule has 1 amide bonds. The normalized spacial score (nSPS) is 16.4. The highest BCUT2D eigenvalue weighted by Gasteiger charge is 2.58. The first kappa shape index (κ1) is 15.3. The monoisotopic (exact) mass is 314 g/mol. The number of nitrogens with zero attached hydrogens (tertiary/aromatic N) is 1. The summed E-state index contributed by atoms with van der Waals surface area (Å²) in [5.41, 5.74) is -0.115. The molecule has 2 aromatic rings. The molecule has 120 valence electrons. The fourth-order valence-corrected chi connectivity index (χ4v) is 2.46. The molecule has 1 atom stereocenters. The fourth-order valence-electron chi connectivity index (χ4n) is 2.46. The molecule has 3 rings (SSSR count). The van der Waals surface area contributed by atoms with Crippen molar-refractivity contribution in [3.05, 3.63) is 42.4 Å². The number of ether oxygens (including phenoxy) is 1. The summed E-state index contributed by atoms with van der Waals surface area (Å²) in [4.78, 5) is 28.2. The highest BCUT2D eigenvalue weighted by Crippen LogP contribution is 2.47. The maximum absolute atomic E-state index is 12.3. The Morgan fingerprint density at radius 3 is 2.61 bits per heavy atom. The number of aromatic nitrogens is 1. The Balaban J connectivity index is 1.70. The van der Waals surface area contributed by atoms with Crippen LogP contribution in [0.3, 0.4) is 0 Å². The number of hydrogen-bond donors (Lipinski definition) is 1. The summed E-state index contributed by atoms with van der Waals surface area (Å²) in [7, 11) is 1.29. The van der Waals surface area contributed by atoms with Gasteiger partial charge in [0.05, 0.1) is 13.3 Å². The van der Waals surface area contributed by atoms with Crippen LogP contribution >= 0.6 is 0 Å². The number of carbonyl (C=O) groups excluding carboxylic acids is 2. The molecule has 0 radical (unpaired) electrons. The average molecular weight is 314 g/mol. The van der Waals surface area contributed by atoms with Crippen LogP contribution in [0.2, 0.25) is 0 Å². The molecular formula is C17H18N2O4. The first-order chi connectivity index (χ1) is 11.1. The third-order valence-electron chi connectivity index (χ3n) is 4.06. The van der Waals surface area contributed by atoms with Gasteiger partial charge in [0.25, 0.3) is 0 Å². The third-order valence-corrected chi connectivity index (χ3v) is 4.06. The zero-order valence-corrected chi connectivity index (χ0v) is 13.0. The van der Waals surface area contributed by atoms with E-state index in [-0.39, 0.29) is 5.91 Å². The van der Waals surface area contributed by atoms with E-state index in [9.17, 15) is 9.59 Å². The molecule has 23 heavy (non-hydrogen) atoms. The Morgan fingerprint density at radius 1 is 1.30 bits per heavy atom. The van der Waals surface area contributed by atoms with Gasteiger partial charge < -0.3 is 14.5 Å². The second kappa shape index (κ2) is 5.87. The van der Waals surface area contributed by atoms with Crippen LogP contribution in [0.1, 0.15) is 31.7 Å². The zero-order valence-electron chi connectivity index (χ0n) is 13.0. The fraction of sp³-hybridized carbons (Fsp3) is 0.353. The van der Waals surface area contributed by atoms with E-state index in [0.717, 1.165) is 5.56 Å². The molecule has 0 spiro atoms. The van der Waals surface area contributed by atoms with E-state index in [0.29, 0.717) is 24.5 Å². The lowest BCUT2D eigenvalue weighted by molar-refractivity contribution is -0.152. The summed E-state index contributed by atoms with van der Waals surface area (Å²) in [6.07, 6.45) is 2.65. The van der Waals surface area contributed by atoms with Crippen LogP contribution in [-0.4, -0.2) is 24.0 Å². The van der Waals surface area contributed by atoms with Crippen LogP contribution in [0.25, 0.3) is 11.3 Å². The molecule has 1 heterocycles. The molecule has 1 saturated carbocycles. The lowest BCUT2D eigenvalue weighted by Gasteiger charge is -2.16. The molecule has 1 N–H and O–H groups in total. The predicted molar refractivity (Wildman–Crippen MR) is 82.2 cm³/mol. The van der Waals surface area contributed by atoms with Gasteiger partial charge in [-0.3, -0.25) is 9.59 Å². The average Bonchev–Trinajstić information content (AvgIpc) is 3.24. The Morgan fingerprint density at radius 2 is 2.00 bits per heavy atom. The standard InChI is InChI=1S/C17H18N2O4/c1-11(19-15(20)17(8-9-17)16(21)22-2)14-18-10-13(23-14)12-6-4-3-5-7-12/h3-7,10-11H,8-9H2,1-2H3,(H,19,20)/t11-/m0/s1. The van der Waals surface area contributed by atoms with E-state index in [2.05, 4.69) is 10.3 Å². The van der Waals surface area contributed by atoms with Gasteiger partial charge in [-0.15, -0.1) is 0 Å². The van der Waals surface area contributed by atoms with E-state index in [1.165, 1.54) is 7.11 Å². The van der Waals surface area contributed by atoms with E-state index in [1.807, 2.05) is 30.3 Å². The Labute approximate surface area is 133 Å². The first-order valence-electron chi connectivity index (χ1n) is 7.47. The van der Waals surface area contributed by atoms with Crippen molar-refractivity contribution in [3.8, 4) is 11.3 Å². The van der Waals surface area contributed by atoms with Gasteiger partial charge >= 0.3 is 5.97 Å². The maximum Gasteiger partial charge on any atom is 0.321 e. The highest BCUT2D eigenvalue weighted by atomic mass is 16.5. The SMILES string of the molecule is COC(=O)C1(C(=O)N[C@@H](C)c2ncc(-c3ccccc3)o2)CC1. The van der Waals surface area contributed by atoms with Crippen molar-refractivity contribution in [1.29, 1.82) is 0 Å². The molecule has 0 aliphatic heterocycles. The molecule has 0 bridgehead atoms. The van der Waals surface area contributed by atoms with Gasteiger partial charge in [-0.05, 0) is 19.8 Å². The van der Waals surface area contributed by atoms with Crippen molar-refractivity contribution in [2.24, 2.45) is 5.41 Å². The Kier molecular flexibility index (Phi) is 3.90. The van der Waals surface area contributed by atoms with Crippen LogP contribution in [-0.2, 0) is 14.3 Å². The van der Waals surface area contributed by atoms with Crippen LogP contribution < -0.4 is 5.32 Å². The maximum atomic E-state index is 12.3. The molecule has 0 saturated heterocycles. The van der Waals surface area contributed by atoms with E-state index < -0.39 is 17.4 Å². The summed E-state index contributed by atoms with van der Waals surface area (Å²) in [6.45, 7) is 1.77. The summed E-state index contributed by atoms with van der Waals surface area (Å²) in [5.74, 6) is 0.213. The Hall–Kier alpha value is -2.63. The lowest BCUT2D eigenvalue weighted by Crippen LogP contribution is -2.39. The number of esters is 1. The second-order valence-electron chi connectivity index (χ2n) is 5.70. The topological polar surface area (TPSA) is 81.4 Å². The Bertz CT molecular complexity index is 719. The van der Waals surface area contributed by atoms with Crippen LogP contribution in [0, 0.1) is 5.41 Å². The number of hydrogen-bond acceptors (Lipinski definition) is 5. The van der Waals surface area contributed by atoms with Crippen LogP contribution in [0.15, 0.2) is 40.9 Å². The minimum atomic E-state index is -1.03. The lowest BCUT2D eigenvalue weighted by atomic mass is 10.1. The van der Waals surface area contributed by atoms with Crippen molar-refractivity contribution < 1.29 is 18.7 Å². The molecule has 6 nitrogen and oxygen atoms in total.